The lowest BCUT2D eigenvalue weighted by molar-refractivity contribution is 0.0827. The molecule has 0 atom stereocenters. The number of guanidine groups is 1. The summed E-state index contributed by atoms with van der Waals surface area (Å²) in [7, 11) is 5.17. The standard InChI is InChI=1S/C25H36N4O3/c1-6-15-32-22-12-11-20(17-23(22)31-5)18-28-25(26-7-2)27-14-13-19-9-8-10-21(16-19)24(30)29(3)4/h8-12,16-17H,6-7,13-15,18H2,1-5H3,(H2,26,27,28). The molecule has 0 bridgehead atoms. The van der Waals surface area contributed by atoms with Crippen LogP contribution in [0.3, 0.4) is 0 Å². The van der Waals surface area contributed by atoms with Gasteiger partial charge in [0.1, 0.15) is 0 Å². The van der Waals surface area contributed by atoms with E-state index in [9.17, 15) is 4.79 Å². The second-order valence-electron chi connectivity index (χ2n) is 7.61. The number of nitrogens with one attached hydrogen (secondary N) is 2. The van der Waals surface area contributed by atoms with Gasteiger partial charge in [0.25, 0.3) is 5.91 Å². The number of hydrogen-bond donors (Lipinski definition) is 2. The van der Waals surface area contributed by atoms with E-state index in [1.807, 2.05) is 49.4 Å². The minimum absolute atomic E-state index is 0.0104. The van der Waals surface area contributed by atoms with Crippen LogP contribution in [0.1, 0.15) is 41.8 Å². The maximum absolute atomic E-state index is 12.2. The van der Waals surface area contributed by atoms with Gasteiger partial charge in [-0.1, -0.05) is 25.1 Å². The zero-order valence-electron chi connectivity index (χ0n) is 19.9. The molecule has 0 aliphatic rings. The Bertz CT molecular complexity index is 897. The van der Waals surface area contributed by atoms with Crippen molar-refractivity contribution in [3.8, 4) is 11.5 Å². The fraction of sp³-hybridized carbons (Fsp3) is 0.440. The highest BCUT2D eigenvalue weighted by Crippen LogP contribution is 2.28. The van der Waals surface area contributed by atoms with Crippen LogP contribution in [-0.2, 0) is 13.0 Å². The molecule has 0 fully saturated rings. The summed E-state index contributed by atoms with van der Waals surface area (Å²) in [5.41, 5.74) is 2.85. The van der Waals surface area contributed by atoms with E-state index in [1.54, 1.807) is 26.1 Å². The van der Waals surface area contributed by atoms with Crippen LogP contribution >= 0.6 is 0 Å². The van der Waals surface area contributed by atoms with Crippen LogP contribution in [-0.4, -0.2) is 57.7 Å². The Labute approximate surface area is 191 Å². The number of nitrogens with zero attached hydrogens (tertiary/aromatic N) is 2. The molecule has 0 aliphatic carbocycles. The lowest BCUT2D eigenvalue weighted by atomic mass is 10.1. The van der Waals surface area contributed by atoms with Crippen molar-refractivity contribution in [1.29, 1.82) is 0 Å². The molecule has 0 saturated heterocycles. The molecule has 0 saturated carbocycles. The predicted octanol–water partition coefficient (Wildman–Crippen LogP) is 3.48. The van der Waals surface area contributed by atoms with Crippen LogP contribution in [0.15, 0.2) is 47.5 Å². The largest absolute Gasteiger partial charge is 0.493 e. The van der Waals surface area contributed by atoms with Crippen molar-refractivity contribution in [2.75, 3.05) is 40.9 Å². The lowest BCUT2D eigenvalue weighted by Crippen LogP contribution is -2.38. The molecule has 32 heavy (non-hydrogen) atoms. The first-order chi connectivity index (χ1) is 15.5. The van der Waals surface area contributed by atoms with Crippen molar-refractivity contribution >= 4 is 11.9 Å². The molecule has 0 spiro atoms. The molecule has 0 unspecified atom stereocenters. The fourth-order valence-electron chi connectivity index (χ4n) is 3.10. The van der Waals surface area contributed by atoms with E-state index in [0.29, 0.717) is 25.3 Å². The van der Waals surface area contributed by atoms with E-state index in [1.165, 1.54) is 0 Å². The number of methoxy groups -OCH3 is 1. The number of ether oxygens (including phenoxy) is 2. The molecule has 0 aliphatic heterocycles. The number of benzene rings is 2. The van der Waals surface area contributed by atoms with Gasteiger partial charge in [-0.3, -0.25) is 4.79 Å². The maximum Gasteiger partial charge on any atom is 0.253 e. The van der Waals surface area contributed by atoms with Crippen molar-refractivity contribution in [2.24, 2.45) is 4.99 Å². The molecule has 2 rings (SSSR count). The molecule has 0 aromatic heterocycles. The summed E-state index contributed by atoms with van der Waals surface area (Å²) in [4.78, 5) is 18.4. The first-order valence-corrected chi connectivity index (χ1v) is 11.1. The fourth-order valence-corrected chi connectivity index (χ4v) is 3.10. The van der Waals surface area contributed by atoms with Gasteiger partial charge < -0.3 is 25.0 Å². The highest BCUT2D eigenvalue weighted by molar-refractivity contribution is 5.94. The average molecular weight is 441 g/mol. The average Bonchev–Trinajstić information content (AvgIpc) is 2.81. The van der Waals surface area contributed by atoms with E-state index in [-0.39, 0.29) is 5.91 Å². The van der Waals surface area contributed by atoms with Gasteiger partial charge in [0.2, 0.25) is 0 Å². The smallest absolute Gasteiger partial charge is 0.253 e. The van der Waals surface area contributed by atoms with Gasteiger partial charge in [0.05, 0.1) is 20.3 Å². The van der Waals surface area contributed by atoms with E-state index >= 15 is 0 Å². The Morgan fingerprint density at radius 2 is 1.84 bits per heavy atom. The van der Waals surface area contributed by atoms with Crippen molar-refractivity contribution in [3.05, 3.63) is 59.2 Å². The normalized spacial score (nSPS) is 11.1. The van der Waals surface area contributed by atoms with Gasteiger partial charge in [-0.15, -0.1) is 0 Å². The Morgan fingerprint density at radius 1 is 1.03 bits per heavy atom. The van der Waals surface area contributed by atoms with Crippen LogP contribution in [0.2, 0.25) is 0 Å². The number of carbonyl (C=O) groups excluding carboxylic acids is 1. The minimum atomic E-state index is 0.0104. The van der Waals surface area contributed by atoms with E-state index in [4.69, 9.17) is 9.47 Å². The van der Waals surface area contributed by atoms with Gasteiger partial charge in [-0.2, -0.15) is 0 Å². The highest BCUT2D eigenvalue weighted by Gasteiger charge is 2.09. The van der Waals surface area contributed by atoms with E-state index < -0.39 is 0 Å². The van der Waals surface area contributed by atoms with E-state index in [2.05, 4.69) is 22.5 Å². The van der Waals surface area contributed by atoms with Crippen molar-refractivity contribution < 1.29 is 14.3 Å². The second kappa shape index (κ2) is 13.2. The Hall–Kier alpha value is -3.22. The van der Waals surface area contributed by atoms with Gasteiger partial charge >= 0.3 is 0 Å². The molecular formula is C25H36N4O3. The summed E-state index contributed by atoms with van der Waals surface area (Å²) in [5, 5.41) is 6.64. The molecule has 0 heterocycles. The van der Waals surface area contributed by atoms with Gasteiger partial charge in [0.15, 0.2) is 17.5 Å². The summed E-state index contributed by atoms with van der Waals surface area (Å²) < 4.78 is 11.2. The molecule has 2 N–H and O–H groups in total. The van der Waals surface area contributed by atoms with Crippen LogP contribution < -0.4 is 20.1 Å². The summed E-state index contributed by atoms with van der Waals surface area (Å²) in [6.45, 7) is 6.77. The third-order valence-electron chi connectivity index (χ3n) is 4.74. The van der Waals surface area contributed by atoms with Gasteiger partial charge in [0, 0.05) is 32.7 Å². The monoisotopic (exact) mass is 440 g/mol. The predicted molar refractivity (Wildman–Crippen MR) is 130 cm³/mol. The zero-order valence-corrected chi connectivity index (χ0v) is 19.9. The molecule has 1 amide bonds. The quantitative estimate of drug-likeness (QED) is 0.413. The molecule has 2 aromatic rings. The summed E-state index contributed by atoms with van der Waals surface area (Å²) in [5.74, 6) is 2.23. The SMILES string of the molecule is CCCOc1ccc(CN=C(NCC)NCCc2cccc(C(=O)N(C)C)c2)cc1OC. The Kier molecular flexibility index (Phi) is 10.4. The van der Waals surface area contributed by atoms with Crippen LogP contribution in [0.5, 0.6) is 11.5 Å². The van der Waals surface area contributed by atoms with Gasteiger partial charge in [-0.05, 0) is 55.2 Å². The number of aliphatic imine (C=N–C) groups is 1. The van der Waals surface area contributed by atoms with Crippen molar-refractivity contribution in [1.82, 2.24) is 15.5 Å². The molecule has 7 heteroatoms. The third-order valence-corrected chi connectivity index (χ3v) is 4.74. The first-order valence-electron chi connectivity index (χ1n) is 11.1. The number of carbonyl (C=O) groups is 1. The maximum atomic E-state index is 12.2. The van der Waals surface area contributed by atoms with Crippen molar-refractivity contribution in [3.63, 3.8) is 0 Å². The van der Waals surface area contributed by atoms with Crippen LogP contribution in [0.25, 0.3) is 0 Å². The molecule has 174 valence electrons. The molecule has 2 aromatic carbocycles. The number of hydrogen-bond acceptors (Lipinski definition) is 4. The minimum Gasteiger partial charge on any atom is -0.493 e. The summed E-state index contributed by atoms with van der Waals surface area (Å²) in [6, 6.07) is 13.7. The number of amides is 1. The third kappa shape index (κ3) is 7.80. The van der Waals surface area contributed by atoms with Crippen LogP contribution in [0, 0.1) is 0 Å². The van der Waals surface area contributed by atoms with Crippen molar-refractivity contribution in [2.45, 2.75) is 33.2 Å². The lowest BCUT2D eigenvalue weighted by Gasteiger charge is -2.14. The Morgan fingerprint density at radius 3 is 2.53 bits per heavy atom. The molecule has 7 nitrogen and oxygen atoms in total. The number of rotatable bonds is 11. The summed E-state index contributed by atoms with van der Waals surface area (Å²) >= 11 is 0. The topological polar surface area (TPSA) is 75.2 Å². The van der Waals surface area contributed by atoms with Gasteiger partial charge in [-0.25, -0.2) is 4.99 Å². The molecular weight excluding hydrogens is 404 g/mol. The van der Waals surface area contributed by atoms with Crippen LogP contribution in [0.4, 0.5) is 0 Å². The summed E-state index contributed by atoms with van der Waals surface area (Å²) in [6.07, 6.45) is 1.74. The Balaban J connectivity index is 1.97. The molecule has 0 radical (unpaired) electrons. The highest BCUT2D eigenvalue weighted by atomic mass is 16.5. The van der Waals surface area contributed by atoms with E-state index in [0.717, 1.165) is 48.0 Å². The first kappa shape index (κ1) is 25.0. The second-order valence-corrected chi connectivity index (χ2v) is 7.61. The zero-order chi connectivity index (χ0) is 23.3.